The molecule has 1 heterocycles. The van der Waals surface area contributed by atoms with Crippen molar-refractivity contribution in [2.75, 3.05) is 0 Å². The maximum absolute atomic E-state index is 5.30. The molecule has 2 atom stereocenters. The van der Waals surface area contributed by atoms with Crippen LogP contribution in [0.3, 0.4) is 0 Å². The number of fused-ring (bicyclic) bond motifs is 1. The van der Waals surface area contributed by atoms with E-state index >= 15 is 0 Å². The van der Waals surface area contributed by atoms with E-state index in [0.717, 1.165) is 16.9 Å². The molecule has 2 aliphatic rings. The largest absolute Gasteiger partial charge is 0.400 e. The first-order chi connectivity index (χ1) is 3.87. The molecule has 46 valence electrons. The minimum atomic E-state index is -0.0355. The lowest BCUT2D eigenvalue weighted by Crippen LogP contribution is -2.12. The van der Waals surface area contributed by atoms with Crippen LogP contribution < -0.4 is 0 Å². The highest BCUT2D eigenvalue weighted by Gasteiger charge is 2.59. The van der Waals surface area contributed by atoms with Crippen molar-refractivity contribution in [3.05, 3.63) is 0 Å². The molecule has 0 bridgehead atoms. The molecule has 2 fully saturated rings. The maximum Gasteiger partial charge on any atom is 0.185 e. The highest BCUT2D eigenvalue weighted by molar-refractivity contribution is 5.98. The van der Waals surface area contributed by atoms with Gasteiger partial charge in [0.15, 0.2) is 5.79 Å². The minimum absolute atomic E-state index is 0.0355. The third-order valence-corrected chi connectivity index (χ3v) is 2.80. The van der Waals surface area contributed by atoms with Crippen LogP contribution in [0.2, 0.25) is 0 Å². The van der Waals surface area contributed by atoms with Crippen molar-refractivity contribution in [1.29, 1.82) is 0 Å². The molecule has 0 aromatic heterocycles. The van der Waals surface area contributed by atoms with Gasteiger partial charge in [0.05, 0.1) is 0 Å². The van der Waals surface area contributed by atoms with E-state index in [1.807, 2.05) is 0 Å². The van der Waals surface area contributed by atoms with Crippen molar-refractivity contribution in [2.45, 2.75) is 31.2 Å². The van der Waals surface area contributed by atoms with Crippen molar-refractivity contribution in [2.24, 2.45) is 0 Å². The van der Waals surface area contributed by atoms with Gasteiger partial charge in [0.2, 0.25) is 0 Å². The van der Waals surface area contributed by atoms with E-state index in [1.54, 1.807) is 0 Å². The highest BCUT2D eigenvalue weighted by Crippen LogP contribution is 2.49. The molecule has 2 unspecified atom stereocenters. The molecule has 2 rings (SSSR count). The fourth-order valence-electron chi connectivity index (χ4n) is 1.52. The second-order valence-corrected chi connectivity index (χ2v) is 2.92. The van der Waals surface area contributed by atoms with Gasteiger partial charge >= 0.3 is 0 Å². The fourth-order valence-corrected chi connectivity index (χ4v) is 2.08. The summed E-state index contributed by atoms with van der Waals surface area (Å²) in [6, 6.07) is 0. The molecular formula is C5H10O2Si. The Morgan fingerprint density at radius 1 is 1.75 bits per heavy atom. The predicted molar refractivity (Wildman–Crippen MR) is 32.5 cm³/mol. The fraction of sp³-hybridized carbons (Fsp3) is 1.00. The van der Waals surface area contributed by atoms with E-state index in [9.17, 15) is 0 Å². The van der Waals surface area contributed by atoms with E-state index < -0.39 is 0 Å². The number of ether oxygens (including phenoxy) is 1. The number of rotatable bonds is 1. The molecule has 2 nitrogen and oxygen atoms in total. The summed E-state index contributed by atoms with van der Waals surface area (Å²) in [7, 11) is 0.823. The quantitative estimate of drug-likeness (QED) is 0.354. The topological polar surface area (TPSA) is 21.8 Å². The SMILES string of the molecule is [SiH3]OC12CCCC1O2. The maximum atomic E-state index is 5.30. The Balaban J connectivity index is 2.08. The molecule has 0 radical (unpaired) electrons. The van der Waals surface area contributed by atoms with Gasteiger partial charge in [-0.25, -0.2) is 0 Å². The van der Waals surface area contributed by atoms with Gasteiger partial charge in [-0.2, -0.15) is 0 Å². The lowest BCUT2D eigenvalue weighted by molar-refractivity contribution is 0.0612. The summed E-state index contributed by atoms with van der Waals surface area (Å²) >= 11 is 0. The van der Waals surface area contributed by atoms with Gasteiger partial charge in [0, 0.05) is 6.42 Å². The third kappa shape index (κ3) is 0.442. The third-order valence-electron chi connectivity index (χ3n) is 2.11. The van der Waals surface area contributed by atoms with Crippen LogP contribution in [0.4, 0.5) is 0 Å². The summed E-state index contributed by atoms with van der Waals surface area (Å²) in [6.07, 6.45) is 4.15. The van der Waals surface area contributed by atoms with Crippen LogP contribution in [0, 0.1) is 0 Å². The van der Waals surface area contributed by atoms with Crippen LogP contribution in [0.1, 0.15) is 19.3 Å². The first-order valence-corrected chi connectivity index (χ1v) is 3.92. The molecule has 1 aliphatic carbocycles. The first kappa shape index (κ1) is 4.96. The van der Waals surface area contributed by atoms with E-state index in [1.165, 1.54) is 12.8 Å². The van der Waals surface area contributed by atoms with E-state index in [0.29, 0.717) is 6.10 Å². The van der Waals surface area contributed by atoms with E-state index in [-0.39, 0.29) is 5.79 Å². The highest BCUT2D eigenvalue weighted by atomic mass is 28.2. The lowest BCUT2D eigenvalue weighted by Gasteiger charge is -2.03. The zero-order valence-electron chi connectivity index (χ0n) is 5.02. The number of hydrogen-bond acceptors (Lipinski definition) is 2. The van der Waals surface area contributed by atoms with Crippen LogP contribution in [-0.4, -0.2) is 22.4 Å². The van der Waals surface area contributed by atoms with Gasteiger partial charge < -0.3 is 9.16 Å². The van der Waals surface area contributed by atoms with Gasteiger partial charge in [-0.05, 0) is 12.8 Å². The normalized spacial score (nSPS) is 51.8. The van der Waals surface area contributed by atoms with E-state index in [4.69, 9.17) is 9.16 Å². The Morgan fingerprint density at radius 3 is 2.88 bits per heavy atom. The predicted octanol–water partition coefficient (Wildman–Crippen LogP) is -0.438. The van der Waals surface area contributed by atoms with Gasteiger partial charge in [-0.3, -0.25) is 0 Å². The standard InChI is InChI=1S/C5H10O2Si/c8-7-5-3-1-2-4(5)6-5/h4H,1-3H2,8H3. The minimum Gasteiger partial charge on any atom is -0.400 e. The average molecular weight is 130 g/mol. The summed E-state index contributed by atoms with van der Waals surface area (Å²) in [4.78, 5) is 0. The van der Waals surface area contributed by atoms with Crippen molar-refractivity contribution >= 4 is 10.5 Å². The molecular weight excluding hydrogens is 120 g/mol. The summed E-state index contributed by atoms with van der Waals surface area (Å²) in [6.45, 7) is 0. The van der Waals surface area contributed by atoms with Crippen LogP contribution in [0.5, 0.6) is 0 Å². The molecule has 0 aromatic rings. The van der Waals surface area contributed by atoms with Gasteiger partial charge in [0.1, 0.15) is 16.6 Å². The zero-order valence-corrected chi connectivity index (χ0v) is 7.02. The van der Waals surface area contributed by atoms with E-state index in [2.05, 4.69) is 0 Å². The lowest BCUT2D eigenvalue weighted by atomic mass is 10.3. The molecule has 1 saturated heterocycles. The Morgan fingerprint density at radius 2 is 2.62 bits per heavy atom. The molecule has 8 heavy (non-hydrogen) atoms. The molecule has 0 spiro atoms. The smallest absolute Gasteiger partial charge is 0.185 e. The average Bonchev–Trinajstić information content (AvgIpc) is 2.38. The molecule has 3 heteroatoms. The molecule has 1 saturated carbocycles. The van der Waals surface area contributed by atoms with Crippen molar-refractivity contribution in [3.63, 3.8) is 0 Å². The number of epoxide rings is 1. The van der Waals surface area contributed by atoms with Crippen molar-refractivity contribution < 1.29 is 9.16 Å². The summed E-state index contributed by atoms with van der Waals surface area (Å²) in [5.74, 6) is -0.0355. The first-order valence-electron chi connectivity index (χ1n) is 3.10. The van der Waals surface area contributed by atoms with Crippen molar-refractivity contribution in [3.8, 4) is 0 Å². The Kier molecular flexibility index (Phi) is 0.835. The molecule has 0 aromatic carbocycles. The Labute approximate surface area is 51.7 Å². The Bertz CT molecular complexity index is 113. The van der Waals surface area contributed by atoms with Crippen LogP contribution >= 0.6 is 0 Å². The zero-order chi connectivity index (χ0) is 5.61. The molecule has 0 amide bonds. The Hall–Kier alpha value is 0.137. The molecule has 1 aliphatic heterocycles. The molecule has 0 N–H and O–H groups in total. The van der Waals surface area contributed by atoms with Crippen molar-refractivity contribution in [1.82, 2.24) is 0 Å². The van der Waals surface area contributed by atoms with Crippen LogP contribution in [0.15, 0.2) is 0 Å². The van der Waals surface area contributed by atoms with Gasteiger partial charge in [0.25, 0.3) is 0 Å². The van der Waals surface area contributed by atoms with Crippen LogP contribution in [-0.2, 0) is 9.16 Å². The van der Waals surface area contributed by atoms with Crippen LogP contribution in [0.25, 0.3) is 0 Å². The second-order valence-electron chi connectivity index (χ2n) is 2.51. The van der Waals surface area contributed by atoms with Gasteiger partial charge in [-0.1, -0.05) is 0 Å². The van der Waals surface area contributed by atoms with Gasteiger partial charge in [-0.15, -0.1) is 0 Å². The monoisotopic (exact) mass is 130 g/mol. The summed E-state index contributed by atoms with van der Waals surface area (Å²) in [5.41, 5.74) is 0. The second kappa shape index (κ2) is 1.34. The summed E-state index contributed by atoms with van der Waals surface area (Å²) in [5, 5.41) is 0. The number of hydrogen-bond donors (Lipinski definition) is 0. The summed E-state index contributed by atoms with van der Waals surface area (Å²) < 4.78 is 10.6.